The first-order chi connectivity index (χ1) is 16.0. The van der Waals surface area contributed by atoms with Crippen molar-refractivity contribution in [2.24, 2.45) is 7.05 Å². The Morgan fingerprint density at radius 3 is 2.55 bits per heavy atom. The highest BCUT2D eigenvalue weighted by Gasteiger charge is 2.17. The molecule has 0 unspecified atom stereocenters. The second-order valence-electron chi connectivity index (χ2n) is 8.00. The van der Waals surface area contributed by atoms with Crippen molar-refractivity contribution in [2.75, 3.05) is 0 Å². The molecule has 0 aliphatic carbocycles. The molecule has 166 valence electrons. The fraction of sp³-hybridized carbons (Fsp3) is 0.200. The number of aromatic amines is 1. The molecule has 0 saturated heterocycles. The van der Waals surface area contributed by atoms with Gasteiger partial charge in [0.1, 0.15) is 16.5 Å². The molecular weight excluding hydrogens is 450 g/mol. The average Bonchev–Trinajstić information content (AvgIpc) is 3.33. The second kappa shape index (κ2) is 8.96. The van der Waals surface area contributed by atoms with Crippen LogP contribution in [0.2, 0.25) is 0 Å². The Bertz CT molecular complexity index is 1480. The first kappa shape index (κ1) is 21.6. The van der Waals surface area contributed by atoms with Crippen LogP contribution in [0.15, 0.2) is 64.5 Å². The molecule has 2 aromatic carbocycles. The summed E-state index contributed by atoms with van der Waals surface area (Å²) in [5.74, 6) is 2.05. The maximum Gasteiger partial charge on any atom is 0.260 e. The van der Waals surface area contributed by atoms with Gasteiger partial charge in [-0.15, -0.1) is 21.5 Å². The Morgan fingerprint density at radius 2 is 1.79 bits per heavy atom. The quantitative estimate of drug-likeness (QED) is 0.340. The maximum atomic E-state index is 13.0. The molecule has 0 bridgehead atoms. The summed E-state index contributed by atoms with van der Waals surface area (Å²) in [4.78, 5) is 22.6. The molecule has 3 heterocycles. The van der Waals surface area contributed by atoms with Gasteiger partial charge in [-0.3, -0.25) is 4.79 Å². The summed E-state index contributed by atoms with van der Waals surface area (Å²) < 4.78 is 2.00. The van der Waals surface area contributed by atoms with Gasteiger partial charge in [-0.05, 0) is 25.0 Å². The van der Waals surface area contributed by atoms with Crippen LogP contribution in [0.5, 0.6) is 0 Å². The van der Waals surface area contributed by atoms with Crippen molar-refractivity contribution in [3.63, 3.8) is 0 Å². The predicted molar refractivity (Wildman–Crippen MR) is 135 cm³/mol. The van der Waals surface area contributed by atoms with Gasteiger partial charge in [-0.2, -0.15) is 0 Å². The molecule has 0 aliphatic rings. The summed E-state index contributed by atoms with van der Waals surface area (Å²) in [5, 5.41) is 10.1. The van der Waals surface area contributed by atoms with Crippen LogP contribution in [-0.4, -0.2) is 24.7 Å². The van der Waals surface area contributed by atoms with Crippen LogP contribution in [0.4, 0.5) is 0 Å². The van der Waals surface area contributed by atoms with Crippen LogP contribution in [0.3, 0.4) is 0 Å². The highest BCUT2D eigenvalue weighted by Crippen LogP contribution is 2.35. The van der Waals surface area contributed by atoms with E-state index >= 15 is 0 Å². The van der Waals surface area contributed by atoms with Gasteiger partial charge < -0.3 is 9.55 Å². The van der Waals surface area contributed by atoms with E-state index in [1.165, 1.54) is 22.9 Å². The third-order valence-electron chi connectivity index (χ3n) is 5.60. The lowest BCUT2D eigenvalue weighted by atomic mass is 10.0. The van der Waals surface area contributed by atoms with Crippen molar-refractivity contribution in [2.45, 2.75) is 31.2 Å². The molecule has 6 nitrogen and oxygen atoms in total. The molecule has 3 aromatic heterocycles. The lowest BCUT2D eigenvalue weighted by Gasteiger charge is -2.05. The van der Waals surface area contributed by atoms with Gasteiger partial charge >= 0.3 is 0 Å². The van der Waals surface area contributed by atoms with Gasteiger partial charge in [0, 0.05) is 23.9 Å². The zero-order valence-electron chi connectivity index (χ0n) is 18.6. The molecular formula is C25H23N5OS2. The van der Waals surface area contributed by atoms with Gasteiger partial charge in [-0.1, -0.05) is 71.9 Å². The normalized spacial score (nSPS) is 11.4. The SMILES string of the molecule is Cc1ccc(-c2c(C)sc3nc(CSc4nnc(Cc5ccccc5)n4C)[nH]c(=O)c23)cc1. The molecule has 0 aliphatic heterocycles. The van der Waals surface area contributed by atoms with Crippen LogP contribution in [0, 0.1) is 13.8 Å². The van der Waals surface area contributed by atoms with E-state index in [1.54, 1.807) is 11.3 Å². The number of hydrogen-bond donors (Lipinski definition) is 1. The summed E-state index contributed by atoms with van der Waals surface area (Å²) in [7, 11) is 1.97. The van der Waals surface area contributed by atoms with Crippen LogP contribution < -0.4 is 5.56 Å². The number of H-pyrrole nitrogens is 1. The summed E-state index contributed by atoms with van der Waals surface area (Å²) in [6.07, 6.45) is 0.724. The van der Waals surface area contributed by atoms with Crippen molar-refractivity contribution in [3.05, 3.63) is 92.6 Å². The third-order valence-corrected chi connectivity index (χ3v) is 7.63. The molecule has 0 radical (unpaired) electrons. The Kier molecular flexibility index (Phi) is 5.86. The molecule has 1 N–H and O–H groups in total. The zero-order valence-corrected chi connectivity index (χ0v) is 20.3. The van der Waals surface area contributed by atoms with Crippen LogP contribution in [0.25, 0.3) is 21.3 Å². The minimum absolute atomic E-state index is 0.0988. The maximum absolute atomic E-state index is 13.0. The van der Waals surface area contributed by atoms with Crippen molar-refractivity contribution in [1.82, 2.24) is 24.7 Å². The van der Waals surface area contributed by atoms with E-state index in [1.807, 2.05) is 36.7 Å². The standard InChI is InChI=1S/C25H23N5OS2/c1-15-9-11-18(12-10-15)21-16(2)33-24-22(21)23(31)26-19(27-24)14-32-25-29-28-20(30(25)3)13-17-7-5-4-6-8-17/h4-12H,13-14H2,1-3H3,(H,26,27,31). The van der Waals surface area contributed by atoms with E-state index in [-0.39, 0.29) is 5.56 Å². The number of thiophene rings is 1. The molecule has 5 aromatic rings. The number of aryl methyl sites for hydroxylation is 2. The number of aromatic nitrogens is 5. The molecule has 0 saturated carbocycles. The summed E-state index contributed by atoms with van der Waals surface area (Å²) in [6, 6.07) is 18.5. The van der Waals surface area contributed by atoms with Gasteiger partial charge in [0.2, 0.25) is 0 Å². The first-order valence-corrected chi connectivity index (χ1v) is 12.4. The zero-order chi connectivity index (χ0) is 22.9. The van der Waals surface area contributed by atoms with Gasteiger partial charge in [0.25, 0.3) is 5.56 Å². The third kappa shape index (κ3) is 4.36. The fourth-order valence-electron chi connectivity index (χ4n) is 3.84. The minimum Gasteiger partial charge on any atom is -0.309 e. The van der Waals surface area contributed by atoms with E-state index in [0.717, 1.165) is 38.2 Å². The van der Waals surface area contributed by atoms with Crippen molar-refractivity contribution in [3.8, 4) is 11.1 Å². The predicted octanol–water partition coefficient (Wildman–Crippen LogP) is 5.28. The molecule has 8 heteroatoms. The smallest absolute Gasteiger partial charge is 0.260 e. The van der Waals surface area contributed by atoms with Crippen LogP contribution in [-0.2, 0) is 19.2 Å². The highest BCUT2D eigenvalue weighted by atomic mass is 32.2. The van der Waals surface area contributed by atoms with Gasteiger partial charge in [0.15, 0.2) is 5.16 Å². The minimum atomic E-state index is -0.0988. The number of nitrogens with zero attached hydrogens (tertiary/aromatic N) is 4. The second-order valence-corrected chi connectivity index (χ2v) is 10.1. The Balaban J connectivity index is 1.38. The van der Waals surface area contributed by atoms with E-state index in [0.29, 0.717) is 17.0 Å². The Labute approximate surface area is 199 Å². The summed E-state index contributed by atoms with van der Waals surface area (Å²) in [5.41, 5.74) is 4.31. The fourth-order valence-corrected chi connectivity index (χ4v) is 5.70. The monoisotopic (exact) mass is 473 g/mol. The number of thioether (sulfide) groups is 1. The number of rotatable bonds is 6. The molecule has 0 atom stereocenters. The van der Waals surface area contributed by atoms with E-state index in [2.05, 4.69) is 58.5 Å². The molecule has 5 rings (SSSR count). The number of hydrogen-bond acceptors (Lipinski definition) is 6. The Hall–Kier alpha value is -3.23. The van der Waals surface area contributed by atoms with E-state index in [9.17, 15) is 4.79 Å². The molecule has 0 amide bonds. The highest BCUT2D eigenvalue weighted by molar-refractivity contribution is 7.98. The summed E-state index contributed by atoms with van der Waals surface area (Å²) >= 11 is 3.08. The average molecular weight is 474 g/mol. The lowest BCUT2D eigenvalue weighted by Crippen LogP contribution is -2.11. The largest absolute Gasteiger partial charge is 0.309 e. The number of benzene rings is 2. The van der Waals surface area contributed by atoms with Gasteiger partial charge in [-0.25, -0.2) is 4.98 Å². The lowest BCUT2D eigenvalue weighted by molar-refractivity contribution is 0.748. The van der Waals surface area contributed by atoms with Crippen LogP contribution in [0.1, 0.15) is 27.7 Å². The number of fused-ring (bicyclic) bond motifs is 1. The van der Waals surface area contributed by atoms with Crippen LogP contribution >= 0.6 is 23.1 Å². The molecule has 33 heavy (non-hydrogen) atoms. The van der Waals surface area contributed by atoms with E-state index in [4.69, 9.17) is 4.98 Å². The van der Waals surface area contributed by atoms with Crippen molar-refractivity contribution < 1.29 is 0 Å². The topological polar surface area (TPSA) is 76.5 Å². The molecule has 0 fully saturated rings. The van der Waals surface area contributed by atoms with Crippen molar-refractivity contribution in [1.29, 1.82) is 0 Å². The first-order valence-electron chi connectivity index (χ1n) is 10.6. The number of nitrogens with one attached hydrogen (secondary N) is 1. The Morgan fingerprint density at radius 1 is 1.03 bits per heavy atom. The summed E-state index contributed by atoms with van der Waals surface area (Å²) in [6.45, 7) is 4.10. The van der Waals surface area contributed by atoms with E-state index < -0.39 is 0 Å². The van der Waals surface area contributed by atoms with Crippen molar-refractivity contribution >= 4 is 33.3 Å². The van der Waals surface area contributed by atoms with Gasteiger partial charge in [0.05, 0.1) is 11.1 Å². The molecule has 0 spiro atoms.